The molecule has 2 aromatic carbocycles. The van der Waals surface area contributed by atoms with Gasteiger partial charge in [0.1, 0.15) is 23.6 Å². The van der Waals surface area contributed by atoms with E-state index in [1.54, 1.807) is 23.0 Å². The number of hydrogen-bond acceptors (Lipinski definition) is 6. The molecule has 3 aromatic heterocycles. The summed E-state index contributed by atoms with van der Waals surface area (Å²) in [7, 11) is 0. The van der Waals surface area contributed by atoms with Crippen molar-refractivity contribution in [3.05, 3.63) is 88.0 Å². The SMILES string of the molecule is CCCCOc1ccc(-c2cc3c(=O)n(Cc4nc(-c5ccc(F)c(Cl)c5)no4)ccn3n2)cc1. The molecule has 0 unspecified atom stereocenters. The standard InChI is InChI=1S/C25H21ClFN5O3/c1-2-3-12-34-18-7-4-16(5-8-18)21-14-22-25(33)31(10-11-32(22)29-21)15-23-28-24(30-35-23)17-6-9-20(27)19(26)13-17/h4-11,13-14H,2-3,12,15H2,1H3. The minimum absolute atomic E-state index is 0.0364. The topological polar surface area (TPSA) is 87.5 Å². The Morgan fingerprint density at radius 3 is 2.66 bits per heavy atom. The summed E-state index contributed by atoms with van der Waals surface area (Å²) in [4.78, 5) is 17.4. The molecular formula is C25H21ClFN5O3. The molecule has 5 rings (SSSR count). The molecule has 0 spiro atoms. The van der Waals surface area contributed by atoms with Gasteiger partial charge < -0.3 is 13.8 Å². The van der Waals surface area contributed by atoms with E-state index in [1.165, 1.54) is 22.8 Å². The maximum absolute atomic E-state index is 13.4. The van der Waals surface area contributed by atoms with Crippen LogP contribution in [0, 0.1) is 5.82 Å². The molecule has 0 amide bonds. The van der Waals surface area contributed by atoms with Gasteiger partial charge in [-0.05, 0) is 55.0 Å². The molecule has 0 N–H and O–H groups in total. The first-order chi connectivity index (χ1) is 17.0. The lowest BCUT2D eigenvalue weighted by Crippen LogP contribution is -2.21. The second kappa shape index (κ2) is 9.71. The summed E-state index contributed by atoms with van der Waals surface area (Å²) >= 11 is 5.84. The van der Waals surface area contributed by atoms with Gasteiger partial charge in [0.15, 0.2) is 0 Å². The predicted molar refractivity (Wildman–Crippen MR) is 129 cm³/mol. The zero-order valence-electron chi connectivity index (χ0n) is 18.8. The van der Waals surface area contributed by atoms with Crippen molar-refractivity contribution >= 4 is 17.1 Å². The summed E-state index contributed by atoms with van der Waals surface area (Å²) < 4.78 is 27.4. The van der Waals surface area contributed by atoms with Crippen molar-refractivity contribution in [3.63, 3.8) is 0 Å². The number of unbranched alkanes of at least 4 members (excludes halogenated alkanes) is 1. The summed E-state index contributed by atoms with van der Waals surface area (Å²) in [5.74, 6) is 0.751. The molecule has 0 radical (unpaired) electrons. The lowest BCUT2D eigenvalue weighted by Gasteiger charge is -2.05. The number of fused-ring (bicyclic) bond motifs is 1. The number of rotatable bonds is 8. The van der Waals surface area contributed by atoms with Gasteiger partial charge in [-0.15, -0.1) is 0 Å². The van der Waals surface area contributed by atoms with Crippen LogP contribution < -0.4 is 10.3 Å². The maximum Gasteiger partial charge on any atom is 0.277 e. The molecule has 35 heavy (non-hydrogen) atoms. The van der Waals surface area contributed by atoms with E-state index in [0.29, 0.717) is 23.4 Å². The zero-order chi connectivity index (χ0) is 24.4. The minimum Gasteiger partial charge on any atom is -0.494 e. The van der Waals surface area contributed by atoms with Gasteiger partial charge in [-0.1, -0.05) is 30.1 Å². The number of nitrogens with zero attached hydrogens (tertiary/aromatic N) is 5. The molecule has 0 saturated heterocycles. The summed E-state index contributed by atoms with van der Waals surface area (Å²) in [5, 5.41) is 8.40. The van der Waals surface area contributed by atoms with Crippen molar-refractivity contribution in [2.75, 3.05) is 6.61 Å². The molecule has 0 bridgehead atoms. The van der Waals surface area contributed by atoms with E-state index < -0.39 is 5.82 Å². The van der Waals surface area contributed by atoms with Crippen molar-refractivity contribution in [1.29, 1.82) is 0 Å². The molecule has 178 valence electrons. The maximum atomic E-state index is 13.4. The van der Waals surface area contributed by atoms with Crippen LogP contribution in [0.25, 0.3) is 28.2 Å². The van der Waals surface area contributed by atoms with E-state index in [-0.39, 0.29) is 28.8 Å². The average molecular weight is 494 g/mol. The quantitative estimate of drug-likeness (QED) is 0.275. The molecule has 0 saturated carbocycles. The molecule has 10 heteroatoms. The molecule has 3 heterocycles. The van der Waals surface area contributed by atoms with Crippen LogP contribution in [0.1, 0.15) is 25.7 Å². The van der Waals surface area contributed by atoms with Crippen molar-refractivity contribution < 1.29 is 13.7 Å². The summed E-state index contributed by atoms with van der Waals surface area (Å²) in [6.07, 6.45) is 5.38. The minimum atomic E-state index is -0.532. The van der Waals surface area contributed by atoms with E-state index in [1.807, 2.05) is 24.3 Å². The summed E-state index contributed by atoms with van der Waals surface area (Å²) in [5.41, 5.74) is 2.22. The van der Waals surface area contributed by atoms with Crippen molar-refractivity contribution in [2.45, 2.75) is 26.3 Å². The number of hydrogen-bond donors (Lipinski definition) is 0. The molecule has 0 fully saturated rings. The highest BCUT2D eigenvalue weighted by Gasteiger charge is 2.14. The Morgan fingerprint density at radius 2 is 1.89 bits per heavy atom. The van der Waals surface area contributed by atoms with Gasteiger partial charge in [0, 0.05) is 23.5 Å². The molecule has 0 aliphatic carbocycles. The van der Waals surface area contributed by atoms with Gasteiger partial charge in [-0.25, -0.2) is 8.91 Å². The van der Waals surface area contributed by atoms with Crippen LogP contribution in [0.15, 0.2) is 70.2 Å². The Bertz CT molecular complexity index is 1540. The lowest BCUT2D eigenvalue weighted by atomic mass is 10.1. The predicted octanol–water partition coefficient (Wildman–Crippen LogP) is 5.23. The first kappa shape index (κ1) is 22.8. The molecule has 0 aliphatic rings. The van der Waals surface area contributed by atoms with Gasteiger partial charge in [-0.2, -0.15) is 10.1 Å². The number of benzene rings is 2. The smallest absolute Gasteiger partial charge is 0.277 e. The monoisotopic (exact) mass is 493 g/mol. The van der Waals surface area contributed by atoms with Crippen LogP contribution in [-0.2, 0) is 6.54 Å². The third kappa shape index (κ3) is 4.81. The van der Waals surface area contributed by atoms with E-state index >= 15 is 0 Å². The van der Waals surface area contributed by atoms with Gasteiger partial charge in [0.05, 0.1) is 17.3 Å². The van der Waals surface area contributed by atoms with Gasteiger partial charge in [-0.3, -0.25) is 4.79 Å². The Hall–Kier alpha value is -3.98. The van der Waals surface area contributed by atoms with Crippen LogP contribution in [0.5, 0.6) is 5.75 Å². The van der Waals surface area contributed by atoms with E-state index in [0.717, 1.165) is 24.2 Å². The van der Waals surface area contributed by atoms with Crippen LogP contribution in [0.4, 0.5) is 4.39 Å². The lowest BCUT2D eigenvalue weighted by molar-refractivity contribution is 0.309. The van der Waals surface area contributed by atoms with Gasteiger partial charge >= 0.3 is 0 Å². The largest absolute Gasteiger partial charge is 0.494 e. The molecule has 0 atom stereocenters. The molecular weight excluding hydrogens is 473 g/mol. The third-order valence-corrected chi connectivity index (χ3v) is 5.76. The molecule has 0 aliphatic heterocycles. The van der Waals surface area contributed by atoms with Crippen molar-refractivity contribution in [1.82, 2.24) is 24.3 Å². The fourth-order valence-electron chi connectivity index (χ4n) is 3.57. The second-order valence-electron chi connectivity index (χ2n) is 7.96. The van der Waals surface area contributed by atoms with Gasteiger partial charge in [0.25, 0.3) is 5.56 Å². The number of halogens is 2. The second-order valence-corrected chi connectivity index (χ2v) is 8.36. The van der Waals surface area contributed by atoms with Crippen LogP contribution in [-0.4, -0.2) is 30.9 Å². The first-order valence-electron chi connectivity index (χ1n) is 11.1. The van der Waals surface area contributed by atoms with E-state index in [4.69, 9.17) is 20.9 Å². The molecule has 8 nitrogen and oxygen atoms in total. The average Bonchev–Trinajstić information content (AvgIpc) is 3.51. The zero-order valence-corrected chi connectivity index (χ0v) is 19.6. The summed E-state index contributed by atoms with van der Waals surface area (Å²) in [6.45, 7) is 2.87. The van der Waals surface area contributed by atoms with Crippen molar-refractivity contribution in [2.24, 2.45) is 0 Å². The van der Waals surface area contributed by atoms with Gasteiger partial charge in [0.2, 0.25) is 11.7 Å². The van der Waals surface area contributed by atoms with Crippen LogP contribution >= 0.6 is 11.6 Å². The Labute approximate surface area is 204 Å². The first-order valence-corrected chi connectivity index (χ1v) is 11.5. The Balaban J connectivity index is 1.36. The highest BCUT2D eigenvalue weighted by Crippen LogP contribution is 2.24. The normalized spacial score (nSPS) is 11.3. The Kier molecular flexibility index (Phi) is 6.33. The third-order valence-electron chi connectivity index (χ3n) is 5.47. The Morgan fingerprint density at radius 1 is 1.09 bits per heavy atom. The van der Waals surface area contributed by atoms with E-state index in [2.05, 4.69) is 22.2 Å². The fraction of sp³-hybridized carbons (Fsp3) is 0.200. The summed E-state index contributed by atoms with van der Waals surface area (Å²) in [6, 6.07) is 13.5. The highest BCUT2D eigenvalue weighted by atomic mass is 35.5. The van der Waals surface area contributed by atoms with Crippen LogP contribution in [0.2, 0.25) is 5.02 Å². The highest BCUT2D eigenvalue weighted by molar-refractivity contribution is 6.31. The van der Waals surface area contributed by atoms with E-state index in [9.17, 15) is 9.18 Å². The van der Waals surface area contributed by atoms with Crippen LogP contribution in [0.3, 0.4) is 0 Å². The fourth-order valence-corrected chi connectivity index (χ4v) is 3.75. The number of aromatic nitrogens is 5. The van der Waals surface area contributed by atoms with Crippen molar-refractivity contribution in [3.8, 4) is 28.4 Å². The molecule has 5 aromatic rings. The number of ether oxygens (including phenoxy) is 1.